The number of carbonyl (C=O) groups excluding carboxylic acids is 2. The number of aliphatic imine (C=N–C) groups is 1. The van der Waals surface area contributed by atoms with Gasteiger partial charge in [-0.05, 0) is 24.1 Å². The van der Waals surface area contributed by atoms with Crippen LogP contribution in [0.2, 0.25) is 0 Å². The highest BCUT2D eigenvalue weighted by molar-refractivity contribution is 7.90. The number of morpholine rings is 1. The zero-order valence-corrected chi connectivity index (χ0v) is 24.2. The van der Waals surface area contributed by atoms with E-state index in [1.54, 1.807) is 61.5 Å². The summed E-state index contributed by atoms with van der Waals surface area (Å²) in [5.74, 6) is -3.29. The predicted octanol–water partition coefficient (Wildman–Crippen LogP) is 2.73. The molecular weight excluding hydrogens is 591 g/mol. The van der Waals surface area contributed by atoms with E-state index in [9.17, 15) is 31.2 Å². The number of benzene rings is 2. The molecule has 2 heterocycles. The average Bonchev–Trinajstić information content (AvgIpc) is 3.41. The number of fused-ring (bicyclic) bond motifs is 1. The smallest absolute Gasteiger partial charge is 0.408 e. The minimum atomic E-state index is -4.64. The Balaban J connectivity index is 1.60. The third-order valence-corrected chi connectivity index (χ3v) is 8.15. The van der Waals surface area contributed by atoms with Crippen molar-refractivity contribution in [2.45, 2.75) is 37.4 Å². The Kier molecular flexibility index (Phi) is 10.4. The molecule has 43 heavy (non-hydrogen) atoms. The van der Waals surface area contributed by atoms with Gasteiger partial charge in [-0.1, -0.05) is 49.4 Å². The molecule has 1 saturated heterocycles. The zero-order valence-electron chi connectivity index (χ0n) is 23.3. The molecule has 0 saturated carbocycles. The SMILES string of the molecule is CCC(NC(=O)C(CS(=O)(=O)Cc1ccccc1)NC(=NCC(F)(F)F)N1CCOCC1)C(=O)c1nc2ccccc2o1. The van der Waals surface area contributed by atoms with Crippen LogP contribution in [0, 0.1) is 0 Å². The lowest BCUT2D eigenvalue weighted by Gasteiger charge is -2.32. The van der Waals surface area contributed by atoms with Gasteiger partial charge in [-0.25, -0.2) is 18.4 Å². The molecule has 15 heteroatoms. The maximum Gasteiger partial charge on any atom is 0.408 e. The second-order valence-corrected chi connectivity index (χ2v) is 12.0. The number of nitrogens with zero attached hydrogens (tertiary/aromatic N) is 3. The largest absolute Gasteiger partial charge is 0.434 e. The van der Waals surface area contributed by atoms with Crippen LogP contribution in [0.3, 0.4) is 0 Å². The molecule has 0 aliphatic carbocycles. The Labute approximate surface area is 246 Å². The van der Waals surface area contributed by atoms with Gasteiger partial charge in [-0.3, -0.25) is 9.59 Å². The number of nitrogens with one attached hydrogen (secondary N) is 2. The van der Waals surface area contributed by atoms with Crippen LogP contribution >= 0.6 is 0 Å². The van der Waals surface area contributed by atoms with Crippen LogP contribution in [-0.4, -0.2) is 92.8 Å². The van der Waals surface area contributed by atoms with Gasteiger partial charge in [0, 0.05) is 13.1 Å². The number of ketones is 1. The molecule has 0 bridgehead atoms. The van der Waals surface area contributed by atoms with Gasteiger partial charge in [0.15, 0.2) is 21.4 Å². The van der Waals surface area contributed by atoms with Crippen LogP contribution in [0.5, 0.6) is 0 Å². The van der Waals surface area contributed by atoms with Gasteiger partial charge in [0.2, 0.25) is 11.7 Å². The van der Waals surface area contributed by atoms with Crippen molar-refractivity contribution in [2.24, 2.45) is 4.99 Å². The Morgan fingerprint density at radius 1 is 1.02 bits per heavy atom. The Morgan fingerprint density at radius 2 is 1.70 bits per heavy atom. The van der Waals surface area contributed by atoms with Gasteiger partial charge in [0.05, 0.1) is 30.8 Å². The lowest BCUT2D eigenvalue weighted by atomic mass is 10.1. The number of hydrogen-bond acceptors (Lipinski definition) is 8. The number of Topliss-reactive ketones (excluding diaryl/α,β-unsaturated/α-hetero) is 1. The summed E-state index contributed by atoms with van der Waals surface area (Å²) in [5, 5.41) is 5.19. The molecule has 1 fully saturated rings. The van der Waals surface area contributed by atoms with E-state index in [0.717, 1.165) is 0 Å². The van der Waals surface area contributed by atoms with E-state index in [2.05, 4.69) is 20.6 Å². The van der Waals surface area contributed by atoms with Gasteiger partial charge in [-0.2, -0.15) is 13.2 Å². The molecule has 2 atom stereocenters. The van der Waals surface area contributed by atoms with E-state index in [1.807, 2.05) is 0 Å². The maximum absolute atomic E-state index is 13.6. The average molecular weight is 624 g/mol. The number of halogens is 3. The number of aromatic nitrogens is 1. The van der Waals surface area contributed by atoms with Crippen molar-refractivity contribution < 1.29 is 40.3 Å². The van der Waals surface area contributed by atoms with E-state index in [0.29, 0.717) is 16.7 Å². The summed E-state index contributed by atoms with van der Waals surface area (Å²) in [5.41, 5.74) is 1.28. The summed E-state index contributed by atoms with van der Waals surface area (Å²) in [6.45, 7) is 0.820. The highest BCUT2D eigenvalue weighted by Crippen LogP contribution is 2.18. The first-order chi connectivity index (χ1) is 20.4. The Bertz CT molecular complexity index is 1510. The first-order valence-electron chi connectivity index (χ1n) is 13.6. The Hall–Kier alpha value is -3.98. The molecule has 0 radical (unpaired) electrons. The minimum absolute atomic E-state index is 0.102. The molecule has 1 amide bonds. The van der Waals surface area contributed by atoms with E-state index < -0.39 is 57.8 Å². The van der Waals surface area contributed by atoms with Crippen LogP contribution in [0.25, 0.3) is 11.1 Å². The summed E-state index contributed by atoms with van der Waals surface area (Å²) in [6.07, 6.45) is -4.54. The molecule has 1 aliphatic rings. The van der Waals surface area contributed by atoms with E-state index >= 15 is 0 Å². The monoisotopic (exact) mass is 623 g/mol. The van der Waals surface area contributed by atoms with Crippen LogP contribution in [-0.2, 0) is 25.1 Å². The quantitative estimate of drug-likeness (QED) is 0.187. The van der Waals surface area contributed by atoms with E-state index in [4.69, 9.17) is 9.15 Å². The Morgan fingerprint density at radius 3 is 2.35 bits per heavy atom. The van der Waals surface area contributed by atoms with Crippen molar-refractivity contribution in [3.63, 3.8) is 0 Å². The van der Waals surface area contributed by atoms with Gasteiger partial charge in [0.1, 0.15) is 18.1 Å². The van der Waals surface area contributed by atoms with Crippen LogP contribution < -0.4 is 10.6 Å². The first kappa shape index (κ1) is 31.9. The highest BCUT2D eigenvalue weighted by Gasteiger charge is 2.34. The van der Waals surface area contributed by atoms with Crippen molar-refractivity contribution in [3.05, 3.63) is 66.1 Å². The number of ether oxygens (including phenoxy) is 1. The number of amides is 1. The number of alkyl halides is 3. The molecule has 2 aromatic carbocycles. The first-order valence-corrected chi connectivity index (χ1v) is 15.4. The number of carbonyl (C=O) groups is 2. The molecule has 2 N–H and O–H groups in total. The van der Waals surface area contributed by atoms with E-state index in [-0.39, 0.29) is 44.6 Å². The van der Waals surface area contributed by atoms with E-state index in [1.165, 1.54) is 4.90 Å². The topological polar surface area (TPSA) is 143 Å². The summed E-state index contributed by atoms with van der Waals surface area (Å²) in [7, 11) is -3.99. The predicted molar refractivity (Wildman–Crippen MR) is 152 cm³/mol. The fourth-order valence-electron chi connectivity index (χ4n) is 4.41. The fraction of sp³-hybridized carbons (Fsp3) is 0.429. The van der Waals surface area contributed by atoms with Crippen LogP contribution in [0.4, 0.5) is 13.2 Å². The number of rotatable bonds is 11. The number of guanidine groups is 1. The number of oxazole rings is 1. The molecule has 1 aliphatic heterocycles. The lowest BCUT2D eigenvalue weighted by molar-refractivity contribution is -0.122. The summed E-state index contributed by atoms with van der Waals surface area (Å²) >= 11 is 0. The summed E-state index contributed by atoms with van der Waals surface area (Å²) in [6, 6.07) is 12.2. The molecule has 232 valence electrons. The molecular formula is C28H32F3N5O6S. The van der Waals surface area contributed by atoms with Crippen LogP contribution in [0.15, 0.2) is 64.0 Å². The van der Waals surface area contributed by atoms with Crippen molar-refractivity contribution in [1.29, 1.82) is 0 Å². The third-order valence-electron chi connectivity index (χ3n) is 6.53. The molecule has 4 rings (SSSR count). The molecule has 11 nitrogen and oxygen atoms in total. The van der Waals surface area contributed by atoms with Crippen LogP contribution in [0.1, 0.15) is 29.6 Å². The summed E-state index contributed by atoms with van der Waals surface area (Å²) < 4.78 is 76.7. The normalized spacial score (nSPS) is 16.1. The molecule has 0 spiro atoms. The second kappa shape index (κ2) is 14.0. The third kappa shape index (κ3) is 9.25. The standard InChI is InChI=1S/C28H32F3N5O6S/c1-2-20(24(37)26-34-21-10-6-7-11-23(21)42-26)33-25(38)22(17-43(39,40)16-19-8-4-3-5-9-19)35-27(32-18-28(29,30)31)36-12-14-41-15-13-36/h3-11,20,22H,2,12-18H2,1H3,(H,32,35)(H,33,38). The minimum Gasteiger partial charge on any atom is -0.434 e. The van der Waals surface area contributed by atoms with Crippen molar-refractivity contribution in [3.8, 4) is 0 Å². The van der Waals surface area contributed by atoms with Crippen molar-refractivity contribution >= 4 is 38.6 Å². The molecule has 3 aromatic rings. The summed E-state index contributed by atoms with van der Waals surface area (Å²) in [4.78, 5) is 36.1. The van der Waals surface area contributed by atoms with Crippen molar-refractivity contribution in [1.82, 2.24) is 20.5 Å². The van der Waals surface area contributed by atoms with Crippen molar-refractivity contribution in [2.75, 3.05) is 38.6 Å². The zero-order chi connectivity index (χ0) is 31.0. The lowest BCUT2D eigenvalue weighted by Crippen LogP contribution is -2.58. The van der Waals surface area contributed by atoms with Gasteiger partial charge in [0.25, 0.3) is 5.89 Å². The number of para-hydroxylation sites is 2. The van der Waals surface area contributed by atoms with Gasteiger partial charge in [-0.15, -0.1) is 0 Å². The number of sulfone groups is 1. The molecule has 1 aromatic heterocycles. The fourth-order valence-corrected chi connectivity index (χ4v) is 5.97. The van der Waals surface area contributed by atoms with Gasteiger partial charge >= 0.3 is 6.18 Å². The second-order valence-electron chi connectivity index (χ2n) is 9.91. The highest BCUT2D eigenvalue weighted by atomic mass is 32.2. The maximum atomic E-state index is 13.6. The van der Waals surface area contributed by atoms with Gasteiger partial charge < -0.3 is 24.7 Å². The molecule has 2 unspecified atom stereocenters. The number of hydrogen-bond donors (Lipinski definition) is 2.